The Morgan fingerprint density at radius 2 is 1.86 bits per heavy atom. The van der Waals surface area contributed by atoms with E-state index in [9.17, 15) is 13.2 Å². The van der Waals surface area contributed by atoms with E-state index < -0.39 is 18.0 Å². The Hall–Kier alpha value is -2.05. The molecular formula is C22H25F3N2O. The number of benzene rings is 2. The molecule has 0 amide bonds. The monoisotopic (exact) mass is 390 g/mol. The summed E-state index contributed by atoms with van der Waals surface area (Å²) in [5.41, 5.74) is 3.91. The maximum absolute atomic E-state index is 14.8. The molecule has 0 saturated heterocycles. The number of ether oxygens (including phenoxy) is 1. The normalized spacial score (nSPS) is 23.3. The Balaban J connectivity index is 1.38. The zero-order valence-corrected chi connectivity index (χ0v) is 15.9. The van der Waals surface area contributed by atoms with Crippen molar-refractivity contribution in [2.24, 2.45) is 5.92 Å². The van der Waals surface area contributed by atoms with E-state index >= 15 is 0 Å². The highest BCUT2D eigenvalue weighted by Gasteiger charge is 2.57. The van der Waals surface area contributed by atoms with Gasteiger partial charge < -0.3 is 10.1 Å². The summed E-state index contributed by atoms with van der Waals surface area (Å²) in [5.74, 6) is -2.83. The fraction of sp³-hybridized carbons (Fsp3) is 0.455. The maximum Gasteiger partial charge on any atom is 0.255 e. The van der Waals surface area contributed by atoms with E-state index in [-0.39, 0.29) is 13.0 Å². The average molecular weight is 390 g/mol. The Bertz CT molecular complexity index is 825. The smallest absolute Gasteiger partial charge is 0.255 e. The van der Waals surface area contributed by atoms with E-state index in [0.717, 1.165) is 17.7 Å². The first-order valence-corrected chi connectivity index (χ1v) is 9.67. The second-order valence-electron chi connectivity index (χ2n) is 7.82. The molecule has 28 heavy (non-hydrogen) atoms. The fourth-order valence-electron chi connectivity index (χ4n) is 3.72. The topological polar surface area (TPSA) is 24.5 Å². The van der Waals surface area contributed by atoms with Gasteiger partial charge in [0.2, 0.25) is 0 Å². The molecule has 2 aromatic rings. The highest BCUT2D eigenvalue weighted by atomic mass is 19.3. The summed E-state index contributed by atoms with van der Waals surface area (Å²) < 4.78 is 46.2. The van der Waals surface area contributed by atoms with Gasteiger partial charge in [0.15, 0.2) is 0 Å². The van der Waals surface area contributed by atoms with Crippen molar-refractivity contribution in [2.75, 3.05) is 20.2 Å². The first-order chi connectivity index (χ1) is 13.4. The summed E-state index contributed by atoms with van der Waals surface area (Å²) in [6, 6.07) is 13.6. The third kappa shape index (κ3) is 4.33. The van der Waals surface area contributed by atoms with Gasteiger partial charge in [-0.1, -0.05) is 30.3 Å². The highest BCUT2D eigenvalue weighted by Crippen LogP contribution is 2.48. The Kier molecular flexibility index (Phi) is 5.34. The van der Waals surface area contributed by atoms with Crippen LogP contribution in [0, 0.1) is 5.92 Å². The minimum Gasteiger partial charge on any atom is -0.493 e. The van der Waals surface area contributed by atoms with Gasteiger partial charge in [-0.2, -0.15) is 0 Å². The largest absolute Gasteiger partial charge is 0.493 e. The second kappa shape index (κ2) is 7.76. The molecule has 0 bridgehead atoms. The van der Waals surface area contributed by atoms with Crippen LogP contribution in [0.1, 0.15) is 34.8 Å². The molecule has 4 rings (SSSR count). The fourth-order valence-corrected chi connectivity index (χ4v) is 3.72. The number of alkyl halides is 3. The Labute approximate surface area is 163 Å². The van der Waals surface area contributed by atoms with E-state index in [4.69, 9.17) is 4.74 Å². The number of hydrogen-bond acceptors (Lipinski definition) is 3. The number of hydrogen-bond donors (Lipinski definition) is 1. The van der Waals surface area contributed by atoms with E-state index in [1.165, 1.54) is 5.56 Å². The lowest BCUT2D eigenvalue weighted by molar-refractivity contribution is 0.0855. The van der Waals surface area contributed by atoms with Gasteiger partial charge in [-0.25, -0.2) is 13.2 Å². The van der Waals surface area contributed by atoms with E-state index in [2.05, 4.69) is 34.5 Å². The van der Waals surface area contributed by atoms with Crippen molar-refractivity contribution in [1.29, 1.82) is 0 Å². The number of nitrogens with zero attached hydrogens (tertiary/aromatic N) is 1. The predicted octanol–water partition coefficient (Wildman–Crippen LogP) is 4.47. The Morgan fingerprint density at radius 3 is 2.54 bits per heavy atom. The van der Waals surface area contributed by atoms with Gasteiger partial charge >= 0.3 is 0 Å². The van der Waals surface area contributed by atoms with Crippen LogP contribution in [0.4, 0.5) is 13.2 Å². The van der Waals surface area contributed by atoms with Gasteiger partial charge in [0.25, 0.3) is 5.92 Å². The lowest BCUT2D eigenvalue weighted by atomic mass is 9.97. The molecule has 6 heteroatoms. The first kappa shape index (κ1) is 19.3. The number of halogens is 3. The van der Waals surface area contributed by atoms with Crippen LogP contribution in [0.3, 0.4) is 0 Å². The molecule has 3 nitrogen and oxygen atoms in total. The SMILES string of the molecule is CNCc1ccc(CN2Cc3ccc(OCC4CC4(F)F)cc3C(F)C2)cc1. The average Bonchev–Trinajstić information content (AvgIpc) is 3.29. The second-order valence-corrected chi connectivity index (χ2v) is 7.82. The molecule has 150 valence electrons. The van der Waals surface area contributed by atoms with Gasteiger partial charge in [-0.15, -0.1) is 0 Å². The summed E-state index contributed by atoms with van der Waals surface area (Å²) in [4.78, 5) is 2.09. The highest BCUT2D eigenvalue weighted by molar-refractivity contribution is 5.39. The van der Waals surface area contributed by atoms with Crippen LogP contribution in [0.25, 0.3) is 0 Å². The van der Waals surface area contributed by atoms with E-state index in [1.807, 2.05) is 13.1 Å². The van der Waals surface area contributed by atoms with E-state index in [1.54, 1.807) is 12.1 Å². The third-order valence-electron chi connectivity index (χ3n) is 5.48. The molecule has 0 spiro atoms. The summed E-state index contributed by atoms with van der Waals surface area (Å²) >= 11 is 0. The molecule has 1 aliphatic carbocycles. The maximum atomic E-state index is 14.8. The van der Waals surface area contributed by atoms with Crippen LogP contribution in [-0.2, 0) is 19.6 Å². The van der Waals surface area contributed by atoms with Gasteiger partial charge in [-0.05, 0) is 41.4 Å². The molecule has 1 fully saturated rings. The lowest BCUT2D eigenvalue weighted by Crippen LogP contribution is -2.31. The molecule has 2 unspecified atom stereocenters. The summed E-state index contributed by atoms with van der Waals surface area (Å²) in [6.45, 7) is 2.48. The quantitative estimate of drug-likeness (QED) is 0.755. The van der Waals surface area contributed by atoms with Crippen molar-refractivity contribution >= 4 is 0 Å². The van der Waals surface area contributed by atoms with Crippen LogP contribution in [-0.4, -0.2) is 31.0 Å². The van der Waals surface area contributed by atoms with Gasteiger partial charge in [0.05, 0.1) is 12.5 Å². The van der Waals surface area contributed by atoms with Crippen molar-refractivity contribution in [3.05, 3.63) is 64.7 Å². The Morgan fingerprint density at radius 1 is 1.14 bits per heavy atom. The molecule has 1 saturated carbocycles. The predicted molar refractivity (Wildman–Crippen MR) is 102 cm³/mol. The number of rotatable bonds is 7. The molecule has 2 atom stereocenters. The molecule has 0 radical (unpaired) electrons. The van der Waals surface area contributed by atoms with E-state index in [0.29, 0.717) is 30.9 Å². The van der Waals surface area contributed by atoms with Crippen LogP contribution in [0.5, 0.6) is 5.75 Å². The van der Waals surface area contributed by atoms with Crippen molar-refractivity contribution in [3.8, 4) is 5.75 Å². The zero-order chi connectivity index (χ0) is 19.7. The lowest BCUT2D eigenvalue weighted by Gasteiger charge is -2.31. The van der Waals surface area contributed by atoms with Crippen molar-refractivity contribution in [1.82, 2.24) is 10.2 Å². The molecule has 2 aliphatic rings. The summed E-state index contributed by atoms with van der Waals surface area (Å²) in [6.07, 6.45) is -1.23. The van der Waals surface area contributed by atoms with Crippen molar-refractivity contribution in [3.63, 3.8) is 0 Å². The summed E-state index contributed by atoms with van der Waals surface area (Å²) in [7, 11) is 1.91. The summed E-state index contributed by atoms with van der Waals surface area (Å²) in [5, 5.41) is 3.12. The van der Waals surface area contributed by atoms with Crippen LogP contribution < -0.4 is 10.1 Å². The van der Waals surface area contributed by atoms with Crippen LogP contribution in [0.15, 0.2) is 42.5 Å². The standard InChI is InChI=1S/C22H25F3N2O/c1-26-10-15-2-4-16(5-3-15)11-27-12-17-6-7-19(8-20(17)21(23)13-27)28-14-18-9-22(18,24)25/h2-8,18,21,26H,9-14H2,1H3. The first-order valence-electron chi connectivity index (χ1n) is 9.67. The number of nitrogens with one attached hydrogen (secondary N) is 1. The molecule has 2 aromatic carbocycles. The van der Waals surface area contributed by atoms with Crippen molar-refractivity contribution < 1.29 is 17.9 Å². The zero-order valence-electron chi connectivity index (χ0n) is 15.9. The molecule has 1 heterocycles. The molecule has 0 aromatic heterocycles. The van der Waals surface area contributed by atoms with Gasteiger partial charge in [0.1, 0.15) is 11.9 Å². The van der Waals surface area contributed by atoms with Crippen molar-refractivity contribution in [2.45, 2.75) is 38.1 Å². The number of fused-ring (bicyclic) bond motifs is 1. The molecule has 1 aliphatic heterocycles. The molecule has 1 N–H and O–H groups in total. The van der Waals surface area contributed by atoms with Gasteiger partial charge in [-0.3, -0.25) is 4.90 Å². The van der Waals surface area contributed by atoms with Crippen LogP contribution >= 0.6 is 0 Å². The minimum atomic E-state index is -2.59. The van der Waals surface area contributed by atoms with Gasteiger partial charge in [0, 0.05) is 32.6 Å². The molecular weight excluding hydrogens is 365 g/mol. The minimum absolute atomic E-state index is 0.0155. The third-order valence-corrected chi connectivity index (χ3v) is 5.48. The van der Waals surface area contributed by atoms with Crippen LogP contribution in [0.2, 0.25) is 0 Å².